The minimum absolute atomic E-state index is 0.471. The average molecular weight is 238 g/mol. The Bertz CT molecular complexity index is 487. The van der Waals surface area contributed by atoms with E-state index in [1.165, 1.54) is 17.1 Å². The highest BCUT2D eigenvalue weighted by Crippen LogP contribution is 2.14. The van der Waals surface area contributed by atoms with Gasteiger partial charge in [0.2, 0.25) is 4.77 Å². The van der Waals surface area contributed by atoms with E-state index in [-0.39, 0.29) is 0 Å². The monoisotopic (exact) mass is 238 g/mol. The molecule has 1 N–H and O–H groups in total. The van der Waals surface area contributed by atoms with Crippen molar-refractivity contribution in [1.82, 2.24) is 9.36 Å². The predicted molar refractivity (Wildman–Crippen MR) is 62.8 cm³/mol. The van der Waals surface area contributed by atoms with Gasteiger partial charge in [-0.2, -0.15) is 4.98 Å². The van der Waals surface area contributed by atoms with Gasteiger partial charge >= 0.3 is 0 Å². The average Bonchev–Trinajstić information content (AvgIpc) is 2.64. The maximum Gasteiger partial charge on any atom is 0.292 e. The third-order valence-electron chi connectivity index (χ3n) is 1.90. The number of nitrogens with one attached hydrogen (secondary N) is 1. The smallest absolute Gasteiger partial charge is 0.292 e. The first kappa shape index (κ1) is 10.3. The van der Waals surface area contributed by atoms with Crippen molar-refractivity contribution in [2.24, 2.45) is 0 Å². The Morgan fingerprint density at radius 3 is 2.73 bits per heavy atom. The molecule has 0 aliphatic carbocycles. The van der Waals surface area contributed by atoms with Gasteiger partial charge in [-0.3, -0.25) is 4.37 Å². The first-order chi connectivity index (χ1) is 7.24. The molecule has 0 bridgehead atoms. The molecule has 0 amide bonds. The molecule has 2 rings (SSSR count). The summed E-state index contributed by atoms with van der Waals surface area (Å²) in [5.41, 5.74) is 2.37. The summed E-state index contributed by atoms with van der Waals surface area (Å²) in [7, 11) is 0. The van der Waals surface area contributed by atoms with E-state index in [9.17, 15) is 0 Å². The molecule has 0 aliphatic heterocycles. The number of hydrogen-bond acceptors (Lipinski definition) is 4. The van der Waals surface area contributed by atoms with Gasteiger partial charge in [0.05, 0.1) is 0 Å². The van der Waals surface area contributed by atoms with E-state index in [0.29, 0.717) is 16.6 Å². The Morgan fingerprint density at radius 2 is 2.13 bits per heavy atom. The molecule has 0 fully saturated rings. The number of rotatable bonds is 3. The van der Waals surface area contributed by atoms with Crippen molar-refractivity contribution in [2.45, 2.75) is 13.5 Å². The van der Waals surface area contributed by atoms with Crippen LogP contribution < -0.4 is 4.74 Å². The first-order valence-corrected chi connectivity index (χ1v) is 5.70. The summed E-state index contributed by atoms with van der Waals surface area (Å²) in [4.78, 5) is 4.00. The lowest BCUT2D eigenvalue weighted by atomic mass is 10.2. The first-order valence-electron chi connectivity index (χ1n) is 4.48. The fraction of sp³-hybridized carbons (Fsp3) is 0.200. The summed E-state index contributed by atoms with van der Waals surface area (Å²) >= 11 is 6.15. The van der Waals surface area contributed by atoms with Crippen molar-refractivity contribution >= 4 is 23.8 Å². The summed E-state index contributed by atoms with van der Waals surface area (Å²) in [6, 6.07) is 8.21. The van der Waals surface area contributed by atoms with Crippen molar-refractivity contribution in [3.63, 3.8) is 0 Å². The zero-order chi connectivity index (χ0) is 10.7. The van der Waals surface area contributed by atoms with E-state index < -0.39 is 0 Å². The number of aromatic nitrogens is 2. The van der Waals surface area contributed by atoms with Crippen molar-refractivity contribution < 1.29 is 4.74 Å². The normalized spacial score (nSPS) is 10.2. The number of ether oxygens (including phenoxy) is 1. The van der Waals surface area contributed by atoms with Gasteiger partial charge in [-0.1, -0.05) is 29.8 Å². The second-order valence-corrected chi connectivity index (χ2v) is 4.31. The second-order valence-electron chi connectivity index (χ2n) is 3.16. The van der Waals surface area contributed by atoms with Crippen molar-refractivity contribution in [3.8, 4) is 5.19 Å². The molecule has 0 atom stereocenters. The third-order valence-corrected chi connectivity index (χ3v) is 2.90. The molecule has 0 spiro atoms. The van der Waals surface area contributed by atoms with Gasteiger partial charge < -0.3 is 4.74 Å². The van der Waals surface area contributed by atoms with E-state index in [2.05, 4.69) is 28.4 Å². The van der Waals surface area contributed by atoms with Gasteiger partial charge in [0, 0.05) is 0 Å². The lowest BCUT2D eigenvalue weighted by Gasteiger charge is -2.01. The van der Waals surface area contributed by atoms with E-state index in [1.807, 2.05) is 12.1 Å². The van der Waals surface area contributed by atoms with E-state index >= 15 is 0 Å². The van der Waals surface area contributed by atoms with Gasteiger partial charge in [-0.05, 0) is 36.2 Å². The second kappa shape index (κ2) is 4.55. The van der Waals surface area contributed by atoms with Crippen LogP contribution in [0.3, 0.4) is 0 Å². The minimum Gasteiger partial charge on any atom is -0.464 e. The number of H-pyrrole nitrogens is 1. The molecule has 1 aromatic carbocycles. The fourth-order valence-electron chi connectivity index (χ4n) is 1.11. The van der Waals surface area contributed by atoms with Crippen molar-refractivity contribution in [3.05, 3.63) is 40.2 Å². The zero-order valence-electron chi connectivity index (χ0n) is 8.19. The Labute approximate surface area is 96.9 Å². The van der Waals surface area contributed by atoms with Crippen LogP contribution in [0.4, 0.5) is 0 Å². The molecule has 0 aliphatic rings. The van der Waals surface area contributed by atoms with Gasteiger partial charge in [-0.25, -0.2) is 0 Å². The van der Waals surface area contributed by atoms with Crippen LogP contribution in [0.1, 0.15) is 11.1 Å². The van der Waals surface area contributed by atoms with Crippen LogP contribution in [0.2, 0.25) is 0 Å². The van der Waals surface area contributed by atoms with E-state index in [4.69, 9.17) is 17.0 Å². The summed E-state index contributed by atoms with van der Waals surface area (Å²) in [5.74, 6) is 0. The van der Waals surface area contributed by atoms with Crippen LogP contribution in [0.15, 0.2) is 24.3 Å². The lowest BCUT2D eigenvalue weighted by molar-refractivity contribution is 0.304. The molecule has 3 nitrogen and oxygen atoms in total. The standard InChI is InChI=1S/C10H10N2OS2/c1-7-2-4-8(5-3-7)6-13-10-11-9(14)12-15-10/h2-5H,6H2,1H3,(H,12,14). The largest absolute Gasteiger partial charge is 0.464 e. The molecule has 0 saturated heterocycles. The molecule has 2 aromatic rings. The van der Waals surface area contributed by atoms with Gasteiger partial charge in [0.1, 0.15) is 6.61 Å². The van der Waals surface area contributed by atoms with E-state index in [0.717, 1.165) is 5.56 Å². The Kier molecular flexibility index (Phi) is 3.13. The van der Waals surface area contributed by atoms with Crippen LogP contribution in [0, 0.1) is 11.7 Å². The molecule has 1 aromatic heterocycles. The number of nitrogens with zero attached hydrogens (tertiary/aromatic N) is 1. The summed E-state index contributed by atoms with van der Waals surface area (Å²) in [6.07, 6.45) is 0. The maximum atomic E-state index is 5.46. The fourth-order valence-corrected chi connectivity index (χ4v) is 1.85. The highest BCUT2D eigenvalue weighted by Gasteiger charge is 1.98. The van der Waals surface area contributed by atoms with Crippen molar-refractivity contribution in [1.29, 1.82) is 0 Å². The molecule has 0 saturated carbocycles. The Hall–Kier alpha value is -1.20. The minimum atomic E-state index is 0.471. The quantitative estimate of drug-likeness (QED) is 0.835. The van der Waals surface area contributed by atoms with Crippen LogP contribution in [-0.2, 0) is 6.61 Å². The maximum absolute atomic E-state index is 5.46. The SMILES string of the molecule is Cc1ccc(COc2nc(=S)[nH]s2)cc1. The van der Waals surface area contributed by atoms with Gasteiger partial charge in [-0.15, -0.1) is 0 Å². The molecular weight excluding hydrogens is 228 g/mol. The topological polar surface area (TPSA) is 37.9 Å². The summed E-state index contributed by atoms with van der Waals surface area (Å²) in [6.45, 7) is 2.58. The summed E-state index contributed by atoms with van der Waals surface area (Å²) < 4.78 is 8.77. The number of aromatic amines is 1. The van der Waals surface area contributed by atoms with Crippen LogP contribution >= 0.6 is 23.8 Å². The number of hydrogen-bond donors (Lipinski definition) is 1. The Balaban J connectivity index is 1.99. The summed E-state index contributed by atoms with van der Waals surface area (Å²) in [5, 5.41) is 0.584. The molecule has 0 radical (unpaired) electrons. The van der Waals surface area contributed by atoms with Crippen LogP contribution in [0.5, 0.6) is 5.19 Å². The van der Waals surface area contributed by atoms with E-state index in [1.54, 1.807) is 0 Å². The molecule has 0 unspecified atom stereocenters. The third kappa shape index (κ3) is 2.87. The van der Waals surface area contributed by atoms with Gasteiger partial charge in [0.15, 0.2) is 0 Å². The van der Waals surface area contributed by atoms with Crippen molar-refractivity contribution in [2.75, 3.05) is 0 Å². The van der Waals surface area contributed by atoms with Crippen LogP contribution in [0.25, 0.3) is 0 Å². The molecule has 78 valence electrons. The van der Waals surface area contributed by atoms with Crippen LogP contribution in [-0.4, -0.2) is 9.36 Å². The highest BCUT2D eigenvalue weighted by molar-refractivity contribution is 7.71. The molecule has 15 heavy (non-hydrogen) atoms. The number of aryl methyl sites for hydroxylation is 1. The Morgan fingerprint density at radius 1 is 1.40 bits per heavy atom. The lowest BCUT2D eigenvalue weighted by Crippen LogP contribution is -1.94. The highest BCUT2D eigenvalue weighted by atomic mass is 32.1. The van der Waals surface area contributed by atoms with Gasteiger partial charge in [0.25, 0.3) is 5.19 Å². The molecule has 1 heterocycles. The molecular formula is C10H10N2OS2. The molecule has 5 heteroatoms. The zero-order valence-corrected chi connectivity index (χ0v) is 9.82. The number of benzene rings is 1. The predicted octanol–water partition coefficient (Wildman–Crippen LogP) is 3.09.